The van der Waals surface area contributed by atoms with E-state index < -0.39 is 0 Å². The van der Waals surface area contributed by atoms with Gasteiger partial charge in [0.05, 0.1) is 17.5 Å². The molecule has 0 saturated carbocycles. The number of thioether (sulfide) groups is 1. The van der Waals surface area contributed by atoms with E-state index in [4.69, 9.17) is 11.6 Å². The minimum absolute atomic E-state index is 0.0284. The maximum absolute atomic E-state index is 12.5. The summed E-state index contributed by atoms with van der Waals surface area (Å²) < 4.78 is 3.44. The number of amides is 1. The predicted molar refractivity (Wildman–Crippen MR) is 163 cm³/mol. The minimum Gasteiger partial charge on any atom is -0.326 e. The second-order valence-electron chi connectivity index (χ2n) is 10.1. The van der Waals surface area contributed by atoms with Crippen LogP contribution in [-0.2, 0) is 25.3 Å². The number of benzene rings is 2. The van der Waals surface area contributed by atoms with Crippen molar-refractivity contribution in [1.29, 1.82) is 0 Å². The lowest BCUT2D eigenvalue weighted by Gasteiger charge is -2.15. The maximum Gasteiger partial charge on any atom is 0.274 e. The Balaban J connectivity index is 1.26. The van der Waals surface area contributed by atoms with Crippen molar-refractivity contribution in [3.8, 4) is 0 Å². The van der Waals surface area contributed by atoms with Gasteiger partial charge in [-0.2, -0.15) is 5.10 Å². The van der Waals surface area contributed by atoms with E-state index in [1.165, 1.54) is 4.68 Å². The summed E-state index contributed by atoms with van der Waals surface area (Å²) in [6.07, 6.45) is 8.46. The third-order valence-electron chi connectivity index (χ3n) is 6.95. The second-order valence-corrected chi connectivity index (χ2v) is 11.8. The molecule has 0 aliphatic rings. The topological polar surface area (TPSA) is 94.7 Å². The zero-order valence-corrected chi connectivity index (χ0v) is 25.0. The summed E-state index contributed by atoms with van der Waals surface area (Å²) in [5.41, 5.74) is 1.45. The first-order valence-electron chi connectivity index (χ1n) is 13.9. The lowest BCUT2D eigenvalue weighted by molar-refractivity contribution is -0.116. The van der Waals surface area contributed by atoms with Crippen LogP contribution < -0.4 is 10.9 Å². The number of anilines is 1. The number of halogens is 1. The van der Waals surface area contributed by atoms with Gasteiger partial charge in [-0.15, -0.1) is 10.2 Å². The highest BCUT2D eigenvalue weighted by atomic mass is 35.5. The van der Waals surface area contributed by atoms with Gasteiger partial charge in [-0.25, -0.2) is 4.68 Å². The number of nitrogens with zero attached hydrogens (tertiary/aromatic N) is 5. The second kappa shape index (κ2) is 14.5. The Morgan fingerprint density at radius 1 is 1.00 bits per heavy atom. The van der Waals surface area contributed by atoms with Crippen LogP contribution in [0.1, 0.15) is 69.8 Å². The average Bonchev–Trinajstić information content (AvgIpc) is 3.27. The van der Waals surface area contributed by atoms with E-state index >= 15 is 0 Å². The Bertz CT molecular complexity index is 1500. The molecular weight excluding hydrogens is 544 g/mol. The highest BCUT2D eigenvalue weighted by molar-refractivity contribution is 7.99. The van der Waals surface area contributed by atoms with E-state index in [1.54, 1.807) is 30.9 Å². The number of rotatable bonds is 14. The van der Waals surface area contributed by atoms with Gasteiger partial charge in [-0.05, 0) is 43.5 Å². The minimum atomic E-state index is -0.100. The van der Waals surface area contributed by atoms with Crippen LogP contribution in [0.25, 0.3) is 10.8 Å². The molecule has 0 saturated heterocycles. The number of nitrogens with one attached hydrogen (secondary N) is 1. The first-order valence-corrected chi connectivity index (χ1v) is 15.2. The standard InChI is InChI=1S/C30H37ClN6O2S/c1-4-12-23(15-7-5-6-8-18-28(38)32-22-14-11-13-21(31)19-22)40-30-34-33-27(36(30)2)20-26-24-16-9-10-17-25(24)29(39)37(3)35-26/h9-11,13-14,16-17,19,23H,4-8,12,15,18,20H2,1-3H3,(H,32,38). The van der Waals surface area contributed by atoms with Gasteiger partial charge in [0.25, 0.3) is 5.56 Å². The molecule has 4 aromatic rings. The molecule has 2 heterocycles. The quantitative estimate of drug-likeness (QED) is 0.134. The van der Waals surface area contributed by atoms with E-state index in [2.05, 4.69) is 27.5 Å². The van der Waals surface area contributed by atoms with Gasteiger partial charge < -0.3 is 9.88 Å². The number of aryl methyl sites for hydroxylation is 1. The molecule has 4 rings (SSSR count). The molecule has 0 aliphatic carbocycles. The van der Waals surface area contributed by atoms with E-state index in [0.29, 0.717) is 28.5 Å². The van der Waals surface area contributed by atoms with Crippen molar-refractivity contribution in [1.82, 2.24) is 24.5 Å². The average molecular weight is 581 g/mol. The van der Waals surface area contributed by atoms with Gasteiger partial charge in [0, 0.05) is 41.9 Å². The molecular formula is C30H37ClN6O2S. The molecule has 8 nitrogen and oxygen atoms in total. The molecule has 1 atom stereocenters. The van der Waals surface area contributed by atoms with Gasteiger partial charge in [0.15, 0.2) is 5.16 Å². The van der Waals surface area contributed by atoms with Crippen LogP contribution in [-0.4, -0.2) is 35.7 Å². The summed E-state index contributed by atoms with van der Waals surface area (Å²) in [4.78, 5) is 24.7. The number of hydrogen-bond donors (Lipinski definition) is 1. The number of unbranched alkanes of at least 4 members (excludes halogenated alkanes) is 3. The van der Waals surface area contributed by atoms with E-state index in [1.807, 2.05) is 48.0 Å². The molecule has 1 unspecified atom stereocenters. The van der Waals surface area contributed by atoms with Gasteiger partial charge in [0.2, 0.25) is 5.91 Å². The summed E-state index contributed by atoms with van der Waals surface area (Å²) in [7, 11) is 3.68. The SMILES string of the molecule is CCCC(CCCCCCC(=O)Nc1cccc(Cl)c1)Sc1nnc(Cc2nn(C)c(=O)c3ccccc23)n1C. The zero-order valence-electron chi connectivity index (χ0n) is 23.4. The fourth-order valence-electron chi connectivity index (χ4n) is 4.79. The van der Waals surface area contributed by atoms with Crippen molar-refractivity contribution >= 4 is 45.7 Å². The molecule has 2 aromatic heterocycles. The summed E-state index contributed by atoms with van der Waals surface area (Å²) >= 11 is 7.78. The fraction of sp³-hybridized carbons (Fsp3) is 0.433. The number of hydrogen-bond acceptors (Lipinski definition) is 6. The Labute approximate surface area is 244 Å². The van der Waals surface area contributed by atoms with Gasteiger partial charge in [-0.1, -0.05) is 80.2 Å². The predicted octanol–water partition coefficient (Wildman–Crippen LogP) is 6.55. The molecule has 0 spiro atoms. The van der Waals surface area contributed by atoms with Crippen molar-refractivity contribution in [2.24, 2.45) is 14.1 Å². The molecule has 10 heteroatoms. The number of carbonyl (C=O) groups is 1. The lowest BCUT2D eigenvalue weighted by Crippen LogP contribution is -2.21. The van der Waals surface area contributed by atoms with Crippen molar-refractivity contribution < 1.29 is 4.79 Å². The Morgan fingerprint density at radius 3 is 2.55 bits per heavy atom. The van der Waals surface area contributed by atoms with Crippen LogP contribution in [0.4, 0.5) is 5.69 Å². The molecule has 0 aliphatic heterocycles. The largest absolute Gasteiger partial charge is 0.326 e. The fourth-order valence-corrected chi connectivity index (χ4v) is 6.27. The summed E-state index contributed by atoms with van der Waals surface area (Å²) in [5, 5.41) is 19.9. The van der Waals surface area contributed by atoms with Crippen LogP contribution in [0.3, 0.4) is 0 Å². The van der Waals surface area contributed by atoms with Crippen LogP contribution in [0.5, 0.6) is 0 Å². The third kappa shape index (κ3) is 7.95. The normalized spacial score (nSPS) is 12.1. The highest BCUT2D eigenvalue weighted by Crippen LogP contribution is 2.29. The Hall–Kier alpha value is -3.17. The van der Waals surface area contributed by atoms with Crippen molar-refractivity contribution in [3.05, 3.63) is 75.4 Å². The maximum atomic E-state index is 12.5. The first kappa shape index (κ1) is 29.8. The molecule has 212 valence electrons. The van der Waals surface area contributed by atoms with Gasteiger partial charge >= 0.3 is 0 Å². The smallest absolute Gasteiger partial charge is 0.274 e. The molecule has 1 N–H and O–H groups in total. The van der Waals surface area contributed by atoms with E-state index in [0.717, 1.165) is 72.7 Å². The molecule has 0 radical (unpaired) electrons. The van der Waals surface area contributed by atoms with E-state index in [9.17, 15) is 9.59 Å². The summed E-state index contributed by atoms with van der Waals surface area (Å²) in [5.74, 6) is 0.853. The van der Waals surface area contributed by atoms with Crippen molar-refractivity contribution in [2.75, 3.05) is 5.32 Å². The van der Waals surface area contributed by atoms with Crippen LogP contribution in [0.2, 0.25) is 5.02 Å². The Kier molecular flexibility index (Phi) is 10.8. The number of fused-ring (bicyclic) bond motifs is 1. The van der Waals surface area contributed by atoms with Gasteiger partial charge in [-0.3, -0.25) is 9.59 Å². The van der Waals surface area contributed by atoms with Crippen LogP contribution >= 0.6 is 23.4 Å². The van der Waals surface area contributed by atoms with Gasteiger partial charge in [0.1, 0.15) is 5.82 Å². The Morgan fingerprint density at radius 2 is 1.77 bits per heavy atom. The third-order valence-corrected chi connectivity index (χ3v) is 8.56. The first-order chi connectivity index (χ1) is 19.4. The number of carbonyl (C=O) groups excluding carboxylic acids is 1. The van der Waals surface area contributed by atoms with Crippen LogP contribution in [0.15, 0.2) is 58.5 Å². The summed E-state index contributed by atoms with van der Waals surface area (Å²) in [6.45, 7) is 2.21. The zero-order chi connectivity index (χ0) is 28.5. The monoisotopic (exact) mass is 580 g/mol. The molecule has 0 bridgehead atoms. The van der Waals surface area contributed by atoms with Crippen molar-refractivity contribution in [3.63, 3.8) is 0 Å². The summed E-state index contributed by atoms with van der Waals surface area (Å²) in [6, 6.07) is 14.8. The number of aromatic nitrogens is 5. The molecule has 0 fully saturated rings. The molecule has 1 amide bonds. The van der Waals surface area contributed by atoms with Crippen molar-refractivity contribution in [2.45, 2.75) is 75.1 Å². The van der Waals surface area contributed by atoms with Crippen LogP contribution in [0, 0.1) is 0 Å². The molecule has 2 aromatic carbocycles. The van der Waals surface area contributed by atoms with E-state index in [-0.39, 0.29) is 11.5 Å². The highest BCUT2D eigenvalue weighted by Gasteiger charge is 2.18. The lowest BCUT2D eigenvalue weighted by atomic mass is 10.1. The molecule has 40 heavy (non-hydrogen) atoms.